The highest BCUT2D eigenvalue weighted by Gasteiger charge is 2.20. The third kappa shape index (κ3) is 4.69. The van der Waals surface area contributed by atoms with Crippen LogP contribution in [0.1, 0.15) is 46.4 Å². The first kappa shape index (κ1) is 17.7. The second kappa shape index (κ2) is 8.29. The Morgan fingerprint density at radius 2 is 1.71 bits per heavy atom. The number of amides is 1. The number of carbonyl (C=O) groups is 2. The molecule has 0 saturated carbocycles. The van der Waals surface area contributed by atoms with E-state index < -0.39 is 6.04 Å². The van der Waals surface area contributed by atoms with E-state index in [-0.39, 0.29) is 18.3 Å². The molecule has 0 aromatic heterocycles. The average molecular weight is 325 g/mol. The van der Waals surface area contributed by atoms with E-state index in [0.29, 0.717) is 12.2 Å². The number of aryl methyl sites for hydroxylation is 2. The van der Waals surface area contributed by atoms with Crippen molar-refractivity contribution >= 4 is 11.9 Å². The molecule has 0 heterocycles. The van der Waals surface area contributed by atoms with Crippen LogP contribution in [-0.4, -0.2) is 18.5 Å². The standard InChI is InChI=1S/C20H23NO3/c1-4-24-19(22)13-18(16-11-9-14(2)10-12-16)21-20(23)17-8-6-5-7-15(17)3/h5-12,18H,4,13H2,1-3H3,(H,21,23)/t18-/m0/s1. The molecule has 0 saturated heterocycles. The van der Waals surface area contributed by atoms with E-state index >= 15 is 0 Å². The molecule has 1 N–H and O–H groups in total. The van der Waals surface area contributed by atoms with E-state index in [2.05, 4.69) is 5.32 Å². The predicted octanol–water partition coefficient (Wildman–Crippen LogP) is 3.73. The Labute approximate surface area is 142 Å². The lowest BCUT2D eigenvalue weighted by atomic mass is 10.0. The van der Waals surface area contributed by atoms with Gasteiger partial charge in [-0.25, -0.2) is 0 Å². The number of benzene rings is 2. The summed E-state index contributed by atoms with van der Waals surface area (Å²) in [4.78, 5) is 24.5. The van der Waals surface area contributed by atoms with Gasteiger partial charge in [0.15, 0.2) is 0 Å². The Bertz CT molecular complexity index is 707. The fourth-order valence-electron chi connectivity index (χ4n) is 2.50. The van der Waals surface area contributed by atoms with E-state index in [0.717, 1.165) is 16.7 Å². The number of esters is 1. The van der Waals surface area contributed by atoms with Crippen LogP contribution in [0.15, 0.2) is 48.5 Å². The highest BCUT2D eigenvalue weighted by atomic mass is 16.5. The van der Waals surface area contributed by atoms with Gasteiger partial charge in [-0.15, -0.1) is 0 Å². The van der Waals surface area contributed by atoms with Crippen LogP contribution in [0.25, 0.3) is 0 Å². The van der Waals surface area contributed by atoms with Crippen molar-refractivity contribution in [1.29, 1.82) is 0 Å². The maximum Gasteiger partial charge on any atom is 0.308 e. The highest BCUT2D eigenvalue weighted by molar-refractivity contribution is 5.96. The molecule has 4 nitrogen and oxygen atoms in total. The van der Waals surface area contributed by atoms with Gasteiger partial charge in [0.25, 0.3) is 5.91 Å². The Kier molecular flexibility index (Phi) is 6.13. The molecule has 126 valence electrons. The molecule has 0 unspecified atom stereocenters. The molecule has 0 aliphatic carbocycles. The van der Waals surface area contributed by atoms with E-state index in [1.807, 2.05) is 56.3 Å². The van der Waals surface area contributed by atoms with Gasteiger partial charge in [-0.05, 0) is 38.0 Å². The molecule has 1 amide bonds. The zero-order valence-electron chi connectivity index (χ0n) is 14.3. The van der Waals surface area contributed by atoms with Gasteiger partial charge in [-0.2, -0.15) is 0 Å². The quantitative estimate of drug-likeness (QED) is 0.823. The van der Waals surface area contributed by atoms with Gasteiger partial charge in [-0.1, -0.05) is 48.0 Å². The summed E-state index contributed by atoms with van der Waals surface area (Å²) in [5.74, 6) is -0.517. The molecule has 0 aliphatic heterocycles. The SMILES string of the molecule is CCOC(=O)C[C@H](NC(=O)c1ccccc1C)c1ccc(C)cc1. The van der Waals surface area contributed by atoms with Gasteiger partial charge in [0.1, 0.15) is 0 Å². The normalized spacial score (nSPS) is 11.6. The van der Waals surface area contributed by atoms with Crippen LogP contribution in [0, 0.1) is 13.8 Å². The minimum Gasteiger partial charge on any atom is -0.466 e. The van der Waals surface area contributed by atoms with Crippen LogP contribution in [0.3, 0.4) is 0 Å². The lowest BCUT2D eigenvalue weighted by Gasteiger charge is -2.19. The fraction of sp³-hybridized carbons (Fsp3) is 0.300. The first-order chi connectivity index (χ1) is 11.5. The second-order valence-corrected chi connectivity index (χ2v) is 5.76. The molecule has 2 rings (SSSR count). The maximum atomic E-state index is 12.6. The summed E-state index contributed by atoms with van der Waals surface area (Å²) in [6.45, 7) is 5.98. The molecule has 2 aromatic rings. The van der Waals surface area contributed by atoms with Crippen molar-refractivity contribution in [3.05, 3.63) is 70.8 Å². The monoisotopic (exact) mass is 325 g/mol. The molecule has 0 aliphatic rings. The summed E-state index contributed by atoms with van der Waals surface area (Å²) >= 11 is 0. The van der Waals surface area contributed by atoms with Gasteiger partial charge in [-0.3, -0.25) is 9.59 Å². The van der Waals surface area contributed by atoms with Crippen molar-refractivity contribution in [1.82, 2.24) is 5.32 Å². The Morgan fingerprint density at radius 1 is 1.04 bits per heavy atom. The zero-order valence-corrected chi connectivity index (χ0v) is 14.3. The summed E-state index contributed by atoms with van der Waals surface area (Å²) in [7, 11) is 0. The number of hydrogen-bond acceptors (Lipinski definition) is 3. The highest BCUT2D eigenvalue weighted by Crippen LogP contribution is 2.20. The summed E-state index contributed by atoms with van der Waals surface area (Å²) < 4.78 is 5.04. The van der Waals surface area contributed by atoms with Gasteiger partial charge in [0, 0.05) is 5.56 Å². The van der Waals surface area contributed by atoms with Gasteiger partial charge in [0.05, 0.1) is 19.1 Å². The maximum absolute atomic E-state index is 12.6. The molecule has 4 heteroatoms. The Balaban J connectivity index is 2.22. The molecule has 0 bridgehead atoms. The largest absolute Gasteiger partial charge is 0.466 e. The lowest BCUT2D eigenvalue weighted by molar-refractivity contribution is -0.143. The number of hydrogen-bond donors (Lipinski definition) is 1. The molecule has 24 heavy (non-hydrogen) atoms. The van der Waals surface area contributed by atoms with Crippen molar-refractivity contribution in [3.8, 4) is 0 Å². The Morgan fingerprint density at radius 3 is 2.33 bits per heavy atom. The van der Waals surface area contributed by atoms with Crippen LogP contribution >= 0.6 is 0 Å². The van der Waals surface area contributed by atoms with Crippen LogP contribution in [-0.2, 0) is 9.53 Å². The van der Waals surface area contributed by atoms with Gasteiger partial charge >= 0.3 is 5.97 Å². The fourth-order valence-corrected chi connectivity index (χ4v) is 2.50. The molecular weight excluding hydrogens is 302 g/mol. The molecule has 0 radical (unpaired) electrons. The molecule has 0 spiro atoms. The number of ether oxygens (including phenoxy) is 1. The van der Waals surface area contributed by atoms with E-state index in [1.54, 1.807) is 13.0 Å². The molecule has 0 fully saturated rings. The van der Waals surface area contributed by atoms with Crippen LogP contribution in [0.4, 0.5) is 0 Å². The van der Waals surface area contributed by atoms with Crippen molar-refractivity contribution in [2.24, 2.45) is 0 Å². The van der Waals surface area contributed by atoms with Crippen molar-refractivity contribution in [2.75, 3.05) is 6.61 Å². The smallest absolute Gasteiger partial charge is 0.308 e. The minimum atomic E-state index is -0.420. The Hall–Kier alpha value is -2.62. The number of nitrogens with one attached hydrogen (secondary N) is 1. The second-order valence-electron chi connectivity index (χ2n) is 5.76. The van der Waals surface area contributed by atoms with Crippen LogP contribution < -0.4 is 5.32 Å². The summed E-state index contributed by atoms with van der Waals surface area (Å²) in [5, 5.41) is 2.96. The van der Waals surface area contributed by atoms with Gasteiger partial charge in [0.2, 0.25) is 0 Å². The van der Waals surface area contributed by atoms with Crippen LogP contribution in [0.2, 0.25) is 0 Å². The van der Waals surface area contributed by atoms with Crippen LogP contribution in [0.5, 0.6) is 0 Å². The third-order valence-electron chi connectivity index (χ3n) is 3.85. The predicted molar refractivity (Wildman–Crippen MR) is 93.8 cm³/mol. The molecule has 1 atom stereocenters. The van der Waals surface area contributed by atoms with E-state index in [4.69, 9.17) is 4.74 Å². The molecular formula is C20H23NO3. The third-order valence-corrected chi connectivity index (χ3v) is 3.85. The number of rotatable bonds is 6. The number of carbonyl (C=O) groups excluding carboxylic acids is 2. The van der Waals surface area contributed by atoms with Crippen molar-refractivity contribution < 1.29 is 14.3 Å². The minimum absolute atomic E-state index is 0.106. The average Bonchev–Trinajstić information content (AvgIpc) is 2.55. The van der Waals surface area contributed by atoms with Crippen molar-refractivity contribution in [3.63, 3.8) is 0 Å². The van der Waals surface area contributed by atoms with Crippen molar-refractivity contribution in [2.45, 2.75) is 33.2 Å². The first-order valence-corrected chi connectivity index (χ1v) is 8.10. The zero-order chi connectivity index (χ0) is 17.5. The summed E-state index contributed by atoms with van der Waals surface area (Å²) in [6.07, 6.45) is 0.106. The topological polar surface area (TPSA) is 55.4 Å². The van der Waals surface area contributed by atoms with E-state index in [1.165, 1.54) is 0 Å². The lowest BCUT2D eigenvalue weighted by Crippen LogP contribution is -2.31. The molecule has 2 aromatic carbocycles. The first-order valence-electron chi connectivity index (χ1n) is 8.10. The summed E-state index contributed by atoms with van der Waals surface area (Å²) in [6, 6.07) is 14.8. The summed E-state index contributed by atoms with van der Waals surface area (Å²) in [5.41, 5.74) is 3.52. The van der Waals surface area contributed by atoms with Gasteiger partial charge < -0.3 is 10.1 Å². The van der Waals surface area contributed by atoms with E-state index in [9.17, 15) is 9.59 Å².